The van der Waals surface area contributed by atoms with Gasteiger partial charge in [0, 0.05) is 5.41 Å². The lowest BCUT2D eigenvalue weighted by Crippen LogP contribution is -2.14. The van der Waals surface area contributed by atoms with Gasteiger partial charge in [-0.15, -0.1) is 0 Å². The van der Waals surface area contributed by atoms with Crippen molar-refractivity contribution in [2.75, 3.05) is 0 Å². The Balaban J connectivity index is 0.00000387. The van der Waals surface area contributed by atoms with Crippen LogP contribution >= 0.6 is 9.90 Å². The summed E-state index contributed by atoms with van der Waals surface area (Å²) in [4.78, 5) is 0. The Labute approximate surface area is 312 Å². The summed E-state index contributed by atoms with van der Waals surface area (Å²) in [5.74, 6) is 0. The molecule has 0 aromatic heterocycles. The second-order valence-corrected chi connectivity index (χ2v) is 17.5. The van der Waals surface area contributed by atoms with Gasteiger partial charge in [-0.3, -0.25) is 0 Å². The Morgan fingerprint density at radius 1 is 0.385 bits per heavy atom. The highest BCUT2D eigenvalue weighted by Crippen LogP contribution is 2.50. The predicted molar refractivity (Wildman–Crippen MR) is 233 cm³/mol. The largest absolute Gasteiger partial charge is 0.153 e. The van der Waals surface area contributed by atoms with Gasteiger partial charge in [0.25, 0.3) is 0 Å². The van der Waals surface area contributed by atoms with Crippen LogP contribution in [0.15, 0.2) is 133 Å². The highest BCUT2D eigenvalue weighted by atomic mass is 31.0. The first kappa shape index (κ1) is 34.3. The summed E-state index contributed by atoms with van der Waals surface area (Å²) in [6, 6.07) is 51.1. The third-order valence-electron chi connectivity index (χ3n) is 11.7. The third kappa shape index (κ3) is 5.38. The number of hydrogen-bond acceptors (Lipinski definition) is 0. The molecule has 0 nitrogen and oxygen atoms in total. The molecule has 1 aliphatic rings. The summed E-state index contributed by atoms with van der Waals surface area (Å²) in [6.45, 7) is 18.6. The molecule has 8 aromatic rings. The lowest BCUT2D eigenvalue weighted by atomic mass is 9.79. The van der Waals surface area contributed by atoms with Crippen molar-refractivity contribution in [2.45, 2.75) is 71.6 Å². The van der Waals surface area contributed by atoms with Crippen molar-refractivity contribution in [3.8, 4) is 44.5 Å². The highest BCUT2D eigenvalue weighted by molar-refractivity contribution is 6.92. The Kier molecular flexibility index (Phi) is 7.84. The van der Waals surface area contributed by atoms with E-state index >= 15 is 0 Å². The number of fused-ring (bicyclic) bond motifs is 3. The van der Waals surface area contributed by atoms with Crippen molar-refractivity contribution in [2.24, 2.45) is 0 Å². The molecule has 8 aromatic carbocycles. The van der Waals surface area contributed by atoms with Crippen LogP contribution in [0.5, 0.6) is 0 Å². The van der Waals surface area contributed by atoms with Crippen LogP contribution in [0.3, 0.4) is 0 Å². The summed E-state index contributed by atoms with van der Waals surface area (Å²) in [5, 5.41) is 8.09. The summed E-state index contributed by atoms with van der Waals surface area (Å²) in [5.41, 5.74) is 16.0. The molecule has 0 fully saturated rings. The molecule has 1 unspecified atom stereocenters. The fourth-order valence-electron chi connectivity index (χ4n) is 8.61. The van der Waals surface area contributed by atoms with Gasteiger partial charge >= 0.3 is 0 Å². The first-order valence-electron chi connectivity index (χ1n) is 18.5. The van der Waals surface area contributed by atoms with Gasteiger partial charge in [-0.2, -0.15) is 9.90 Å². The minimum Gasteiger partial charge on any atom is -0.153 e. The zero-order chi connectivity index (χ0) is 35.4. The summed E-state index contributed by atoms with van der Waals surface area (Å²) < 4.78 is 0. The van der Waals surface area contributed by atoms with Crippen molar-refractivity contribution >= 4 is 42.2 Å². The maximum absolute atomic E-state index is 2.46. The Morgan fingerprint density at radius 2 is 0.865 bits per heavy atom. The SMILES string of the molecule is CC(C)(C)c1cc2ccc3cc(C(C)(C)C)cc4c(-c5ccc(-c6ccc(-c7ccc8c(c7)C(C)(C)c7ccccc7-8)cc6)cc5)cc(c1)c2c34.P. The molecule has 0 saturated carbocycles. The van der Waals surface area contributed by atoms with Crippen molar-refractivity contribution in [1.29, 1.82) is 0 Å². The van der Waals surface area contributed by atoms with Gasteiger partial charge < -0.3 is 0 Å². The van der Waals surface area contributed by atoms with Gasteiger partial charge in [0.1, 0.15) is 0 Å². The van der Waals surface area contributed by atoms with E-state index in [4.69, 9.17) is 0 Å². The molecule has 0 radical (unpaired) electrons. The molecule has 0 aliphatic heterocycles. The fraction of sp³-hybridized carbons (Fsp3) is 0.216. The van der Waals surface area contributed by atoms with Crippen LogP contribution in [0.25, 0.3) is 76.8 Å². The normalized spacial score (nSPS) is 13.8. The molecule has 0 N–H and O–H groups in total. The average molecular weight is 693 g/mol. The molecular weight excluding hydrogens is 644 g/mol. The van der Waals surface area contributed by atoms with Crippen molar-refractivity contribution in [3.63, 3.8) is 0 Å². The van der Waals surface area contributed by atoms with E-state index in [0.29, 0.717) is 0 Å². The monoisotopic (exact) mass is 692 g/mol. The van der Waals surface area contributed by atoms with Crippen molar-refractivity contribution in [3.05, 3.63) is 156 Å². The van der Waals surface area contributed by atoms with E-state index in [0.717, 1.165) is 0 Å². The quantitative estimate of drug-likeness (QED) is 0.128. The van der Waals surface area contributed by atoms with Crippen molar-refractivity contribution in [1.82, 2.24) is 0 Å². The molecule has 52 heavy (non-hydrogen) atoms. The van der Waals surface area contributed by atoms with Crippen LogP contribution in [-0.2, 0) is 16.2 Å². The third-order valence-corrected chi connectivity index (χ3v) is 11.7. The molecule has 0 bridgehead atoms. The predicted octanol–water partition coefficient (Wildman–Crippen LogP) is 14.5. The van der Waals surface area contributed by atoms with Gasteiger partial charge in [0.05, 0.1) is 0 Å². The molecule has 1 heteroatoms. The minimum atomic E-state index is 0. The Hall–Kier alpha value is -4.77. The first-order valence-corrected chi connectivity index (χ1v) is 18.5. The Morgan fingerprint density at radius 3 is 1.48 bits per heavy atom. The lowest BCUT2D eigenvalue weighted by Gasteiger charge is -2.25. The molecule has 1 aliphatic carbocycles. The number of hydrogen-bond donors (Lipinski definition) is 0. The second-order valence-electron chi connectivity index (χ2n) is 17.5. The van der Waals surface area contributed by atoms with E-state index in [1.54, 1.807) is 0 Å². The van der Waals surface area contributed by atoms with E-state index in [1.165, 1.54) is 99.1 Å². The standard InChI is InChI=1S/C51H46.H3P/c1-49(2,3)39-25-36-21-22-37-26-40(50(4,5)6)30-44-43(28-38(27-39)47(36)48(37)44)34-19-17-32(18-20-34)31-13-15-33(16-14-31)35-23-24-42-41-11-9-10-12-45(41)51(7,8)46(42)29-35;/h9-30H,1-8H3;1H3. The first-order chi connectivity index (χ1) is 24.3. The smallest absolute Gasteiger partial charge is 0.0159 e. The van der Waals surface area contributed by atoms with E-state index in [-0.39, 0.29) is 26.1 Å². The summed E-state index contributed by atoms with van der Waals surface area (Å²) >= 11 is 0. The van der Waals surface area contributed by atoms with E-state index in [2.05, 4.69) is 189 Å². The topological polar surface area (TPSA) is 0 Å². The van der Waals surface area contributed by atoms with Crippen LogP contribution in [-0.4, -0.2) is 0 Å². The van der Waals surface area contributed by atoms with Gasteiger partial charge in [0.15, 0.2) is 0 Å². The van der Waals surface area contributed by atoms with Crippen LogP contribution in [0, 0.1) is 0 Å². The number of benzene rings is 8. The zero-order valence-corrected chi connectivity index (χ0v) is 33.3. The molecule has 258 valence electrons. The van der Waals surface area contributed by atoms with E-state index < -0.39 is 0 Å². The van der Waals surface area contributed by atoms with E-state index in [1.807, 2.05) is 0 Å². The van der Waals surface area contributed by atoms with Crippen molar-refractivity contribution < 1.29 is 0 Å². The maximum atomic E-state index is 2.46. The highest BCUT2D eigenvalue weighted by Gasteiger charge is 2.35. The van der Waals surface area contributed by atoms with Gasteiger partial charge in [-0.05, 0) is 128 Å². The van der Waals surface area contributed by atoms with E-state index in [9.17, 15) is 0 Å². The molecular formula is C51H49P. The van der Waals surface area contributed by atoms with Crippen LogP contribution < -0.4 is 0 Å². The second kappa shape index (κ2) is 11.9. The average Bonchev–Trinajstić information content (AvgIpc) is 3.35. The molecule has 0 spiro atoms. The Bertz CT molecular complexity index is 2640. The summed E-state index contributed by atoms with van der Waals surface area (Å²) in [7, 11) is 0. The zero-order valence-electron chi connectivity index (χ0n) is 31.9. The van der Waals surface area contributed by atoms with Crippen LogP contribution in [0.4, 0.5) is 0 Å². The van der Waals surface area contributed by atoms with Crippen LogP contribution in [0.2, 0.25) is 0 Å². The molecule has 1 atom stereocenters. The van der Waals surface area contributed by atoms with Gasteiger partial charge in [0.2, 0.25) is 0 Å². The number of rotatable bonds is 3. The van der Waals surface area contributed by atoms with Gasteiger partial charge in [-0.1, -0.05) is 171 Å². The van der Waals surface area contributed by atoms with Crippen LogP contribution in [0.1, 0.15) is 77.6 Å². The minimum absolute atomic E-state index is 0. The lowest BCUT2D eigenvalue weighted by molar-refractivity contribution is 0.591. The summed E-state index contributed by atoms with van der Waals surface area (Å²) in [6.07, 6.45) is 0. The fourth-order valence-corrected chi connectivity index (χ4v) is 8.61. The molecule has 0 heterocycles. The molecule has 0 amide bonds. The molecule has 0 saturated heterocycles. The maximum Gasteiger partial charge on any atom is 0.0159 e. The molecule has 9 rings (SSSR count). The van der Waals surface area contributed by atoms with Gasteiger partial charge in [-0.25, -0.2) is 0 Å².